The molecule has 1 heterocycles. The van der Waals surface area contributed by atoms with Crippen LogP contribution in [-0.4, -0.2) is 34.0 Å². The van der Waals surface area contributed by atoms with Gasteiger partial charge in [-0.25, -0.2) is 9.18 Å². The Bertz CT molecular complexity index is 547. The van der Waals surface area contributed by atoms with Gasteiger partial charge in [0.15, 0.2) is 0 Å². The lowest BCUT2D eigenvalue weighted by Gasteiger charge is -2.31. The van der Waals surface area contributed by atoms with Gasteiger partial charge < -0.3 is 15.7 Å². The molecule has 6 heteroatoms. The third kappa shape index (κ3) is 2.14. The number of rotatable bonds is 2. The number of carboxylic acids is 1. The predicted molar refractivity (Wildman–Crippen MR) is 67.1 cm³/mol. The van der Waals surface area contributed by atoms with Crippen molar-refractivity contribution in [2.45, 2.75) is 25.3 Å². The molecule has 1 saturated heterocycles. The van der Waals surface area contributed by atoms with Crippen molar-refractivity contribution in [3.63, 3.8) is 0 Å². The standard InChI is InChI=1S/C13H15FN2O3/c1-13(12(18)19)5-2-6-16(13)11(17)9-4-3-8(15)7-10(9)14/h3-4,7H,2,5-6,15H2,1H3,(H,18,19). The van der Waals surface area contributed by atoms with Crippen LogP contribution < -0.4 is 5.73 Å². The molecule has 0 radical (unpaired) electrons. The number of nitrogens with zero attached hydrogens (tertiary/aromatic N) is 1. The molecule has 1 aliphatic rings. The maximum Gasteiger partial charge on any atom is 0.329 e. The minimum absolute atomic E-state index is 0.149. The highest BCUT2D eigenvalue weighted by Crippen LogP contribution is 2.31. The molecule has 1 atom stereocenters. The molecule has 1 aromatic carbocycles. The van der Waals surface area contributed by atoms with Gasteiger partial charge in [0, 0.05) is 12.2 Å². The van der Waals surface area contributed by atoms with Crippen molar-refractivity contribution < 1.29 is 19.1 Å². The molecule has 1 fully saturated rings. The van der Waals surface area contributed by atoms with Crippen LogP contribution in [0.2, 0.25) is 0 Å². The molecule has 1 unspecified atom stereocenters. The molecule has 1 aromatic rings. The van der Waals surface area contributed by atoms with Crippen molar-refractivity contribution in [3.05, 3.63) is 29.6 Å². The van der Waals surface area contributed by atoms with E-state index in [2.05, 4.69) is 0 Å². The number of likely N-dealkylation sites (tertiary alicyclic amines) is 1. The van der Waals surface area contributed by atoms with Gasteiger partial charge in [-0.05, 0) is 38.0 Å². The Kier molecular flexibility index (Phi) is 3.18. The van der Waals surface area contributed by atoms with E-state index in [-0.39, 0.29) is 11.3 Å². The first-order valence-corrected chi connectivity index (χ1v) is 5.96. The summed E-state index contributed by atoms with van der Waals surface area (Å²) >= 11 is 0. The van der Waals surface area contributed by atoms with Crippen LogP contribution in [-0.2, 0) is 4.79 Å². The second kappa shape index (κ2) is 4.53. The number of nitrogen functional groups attached to an aromatic ring is 1. The fourth-order valence-corrected chi connectivity index (χ4v) is 2.36. The van der Waals surface area contributed by atoms with E-state index in [9.17, 15) is 19.1 Å². The second-order valence-electron chi connectivity index (χ2n) is 4.88. The van der Waals surface area contributed by atoms with E-state index >= 15 is 0 Å². The van der Waals surface area contributed by atoms with Crippen LogP contribution in [0.15, 0.2) is 18.2 Å². The Balaban J connectivity index is 2.36. The third-order valence-electron chi connectivity index (χ3n) is 3.57. The van der Waals surface area contributed by atoms with E-state index in [0.29, 0.717) is 19.4 Å². The Morgan fingerprint density at radius 3 is 2.74 bits per heavy atom. The SMILES string of the molecule is CC1(C(=O)O)CCCN1C(=O)c1ccc(N)cc1F. The van der Waals surface area contributed by atoms with E-state index in [1.165, 1.54) is 24.0 Å². The first-order chi connectivity index (χ1) is 8.86. The summed E-state index contributed by atoms with van der Waals surface area (Å²) in [6.45, 7) is 1.79. The van der Waals surface area contributed by atoms with Gasteiger partial charge >= 0.3 is 5.97 Å². The van der Waals surface area contributed by atoms with E-state index in [1.807, 2.05) is 0 Å². The zero-order valence-electron chi connectivity index (χ0n) is 10.5. The molecule has 102 valence electrons. The number of amides is 1. The van der Waals surface area contributed by atoms with Crippen LogP contribution in [0.4, 0.5) is 10.1 Å². The summed E-state index contributed by atoms with van der Waals surface area (Å²) in [5.41, 5.74) is 4.22. The molecule has 0 bridgehead atoms. The Morgan fingerprint density at radius 2 is 2.16 bits per heavy atom. The number of carbonyl (C=O) groups is 2. The molecular formula is C13H15FN2O3. The van der Waals surface area contributed by atoms with Crippen molar-refractivity contribution >= 4 is 17.6 Å². The minimum atomic E-state index is -1.27. The van der Waals surface area contributed by atoms with Gasteiger partial charge in [-0.1, -0.05) is 0 Å². The van der Waals surface area contributed by atoms with E-state index < -0.39 is 23.2 Å². The molecular weight excluding hydrogens is 251 g/mol. The van der Waals surface area contributed by atoms with Crippen LogP contribution in [0.5, 0.6) is 0 Å². The quantitative estimate of drug-likeness (QED) is 0.794. The Morgan fingerprint density at radius 1 is 1.47 bits per heavy atom. The molecule has 0 spiro atoms. The van der Waals surface area contributed by atoms with E-state index in [4.69, 9.17) is 5.73 Å². The normalized spacial score (nSPS) is 22.5. The summed E-state index contributed by atoms with van der Waals surface area (Å²) in [6, 6.07) is 3.76. The summed E-state index contributed by atoms with van der Waals surface area (Å²) in [5, 5.41) is 9.24. The number of aliphatic carboxylic acids is 1. The summed E-state index contributed by atoms with van der Waals surface area (Å²) in [7, 11) is 0. The van der Waals surface area contributed by atoms with Crippen LogP contribution in [0, 0.1) is 5.82 Å². The number of benzene rings is 1. The number of carboxylic acid groups (broad SMARTS) is 1. The topological polar surface area (TPSA) is 83.6 Å². The molecule has 19 heavy (non-hydrogen) atoms. The summed E-state index contributed by atoms with van der Waals surface area (Å²) in [5.74, 6) is -2.42. The zero-order valence-corrected chi connectivity index (χ0v) is 10.5. The van der Waals surface area contributed by atoms with E-state index in [1.54, 1.807) is 0 Å². The second-order valence-corrected chi connectivity index (χ2v) is 4.88. The lowest BCUT2D eigenvalue weighted by atomic mass is 9.98. The van der Waals surface area contributed by atoms with Crippen molar-refractivity contribution in [3.8, 4) is 0 Å². The first kappa shape index (κ1) is 13.3. The summed E-state index contributed by atoms with van der Waals surface area (Å²) in [4.78, 5) is 24.8. The van der Waals surface area contributed by atoms with Crippen molar-refractivity contribution in [2.75, 3.05) is 12.3 Å². The van der Waals surface area contributed by atoms with Gasteiger partial charge in [0.1, 0.15) is 11.4 Å². The number of halogens is 1. The molecule has 3 N–H and O–H groups in total. The fourth-order valence-electron chi connectivity index (χ4n) is 2.36. The van der Waals surface area contributed by atoms with Gasteiger partial charge in [-0.3, -0.25) is 4.79 Å². The smallest absolute Gasteiger partial charge is 0.329 e. The highest BCUT2D eigenvalue weighted by atomic mass is 19.1. The maximum absolute atomic E-state index is 13.7. The monoisotopic (exact) mass is 266 g/mol. The lowest BCUT2D eigenvalue weighted by molar-refractivity contribution is -0.147. The number of nitrogens with two attached hydrogens (primary N) is 1. The molecule has 0 aliphatic carbocycles. The average molecular weight is 266 g/mol. The largest absolute Gasteiger partial charge is 0.480 e. The molecule has 0 aromatic heterocycles. The highest BCUT2D eigenvalue weighted by Gasteiger charge is 2.46. The molecule has 0 saturated carbocycles. The minimum Gasteiger partial charge on any atom is -0.480 e. The van der Waals surface area contributed by atoms with Gasteiger partial charge in [0.2, 0.25) is 0 Å². The number of carbonyl (C=O) groups excluding carboxylic acids is 1. The Labute approximate surface area is 109 Å². The van der Waals surface area contributed by atoms with Crippen LogP contribution in [0.3, 0.4) is 0 Å². The zero-order chi connectivity index (χ0) is 14.2. The third-order valence-corrected chi connectivity index (χ3v) is 3.57. The van der Waals surface area contributed by atoms with Crippen molar-refractivity contribution in [2.24, 2.45) is 0 Å². The van der Waals surface area contributed by atoms with Gasteiger partial charge in [0.05, 0.1) is 5.56 Å². The number of hydrogen-bond donors (Lipinski definition) is 2. The number of anilines is 1. The maximum atomic E-state index is 13.7. The molecule has 2 rings (SSSR count). The fraction of sp³-hybridized carbons (Fsp3) is 0.385. The lowest BCUT2D eigenvalue weighted by Crippen LogP contribution is -2.50. The molecule has 1 amide bonds. The summed E-state index contributed by atoms with van der Waals surface area (Å²) in [6.07, 6.45) is 0.954. The summed E-state index contributed by atoms with van der Waals surface area (Å²) < 4.78 is 13.7. The van der Waals surface area contributed by atoms with Crippen molar-refractivity contribution in [1.82, 2.24) is 4.90 Å². The Hall–Kier alpha value is -2.11. The number of hydrogen-bond acceptors (Lipinski definition) is 3. The molecule has 1 aliphatic heterocycles. The first-order valence-electron chi connectivity index (χ1n) is 5.96. The van der Waals surface area contributed by atoms with Crippen LogP contribution >= 0.6 is 0 Å². The van der Waals surface area contributed by atoms with Gasteiger partial charge in [0.25, 0.3) is 5.91 Å². The van der Waals surface area contributed by atoms with Crippen LogP contribution in [0.1, 0.15) is 30.1 Å². The predicted octanol–water partition coefficient (Wildman–Crippen LogP) is 1.49. The average Bonchev–Trinajstić information content (AvgIpc) is 2.72. The van der Waals surface area contributed by atoms with E-state index in [0.717, 1.165) is 6.07 Å². The van der Waals surface area contributed by atoms with Crippen molar-refractivity contribution in [1.29, 1.82) is 0 Å². The van der Waals surface area contributed by atoms with Gasteiger partial charge in [-0.2, -0.15) is 0 Å². The molecule has 5 nitrogen and oxygen atoms in total. The van der Waals surface area contributed by atoms with Gasteiger partial charge in [-0.15, -0.1) is 0 Å². The van der Waals surface area contributed by atoms with Crippen LogP contribution in [0.25, 0.3) is 0 Å². The highest BCUT2D eigenvalue weighted by molar-refractivity contribution is 5.98.